The molecule has 1 aromatic heterocycles. The second-order valence-corrected chi connectivity index (χ2v) is 4.48. The molecule has 2 rings (SSSR count). The number of hydrogen-bond donors (Lipinski definition) is 0. The number of pyridine rings is 1. The Balaban J connectivity index is 2.73. The summed E-state index contributed by atoms with van der Waals surface area (Å²) in [7, 11) is 0. The van der Waals surface area contributed by atoms with Gasteiger partial charge in [0.2, 0.25) is 0 Å². The Kier molecular flexibility index (Phi) is 3.69. The van der Waals surface area contributed by atoms with Crippen LogP contribution in [0.25, 0.3) is 11.3 Å². The Bertz CT molecular complexity index is 626. The van der Waals surface area contributed by atoms with Crippen molar-refractivity contribution in [1.29, 1.82) is 0 Å². The maximum absolute atomic E-state index is 13.4. The fourth-order valence-corrected chi connectivity index (χ4v) is 2.09. The van der Waals surface area contributed by atoms with Crippen LogP contribution in [0.4, 0.5) is 17.6 Å². The van der Waals surface area contributed by atoms with E-state index in [1.54, 1.807) is 0 Å². The molecule has 0 aliphatic heterocycles. The Morgan fingerprint density at radius 1 is 1.05 bits per heavy atom. The highest BCUT2D eigenvalue weighted by molar-refractivity contribution is 6.36. The number of rotatable bonds is 1. The van der Waals surface area contributed by atoms with Gasteiger partial charge in [0.05, 0.1) is 10.7 Å². The topological polar surface area (TPSA) is 12.9 Å². The molecular formula is C12H5Cl2F4N. The molecule has 1 aromatic carbocycles. The highest BCUT2D eigenvalue weighted by Gasteiger charge is 2.38. The number of hydrogen-bond acceptors (Lipinski definition) is 1. The first-order chi connectivity index (χ1) is 8.80. The molecule has 0 unspecified atom stereocenters. The molecule has 0 spiro atoms. The lowest BCUT2D eigenvalue weighted by atomic mass is 10.0. The van der Waals surface area contributed by atoms with E-state index in [4.69, 9.17) is 23.2 Å². The number of alkyl halides is 3. The molecule has 1 heterocycles. The molecule has 0 atom stereocenters. The molecule has 7 heteroatoms. The van der Waals surface area contributed by atoms with Crippen LogP contribution in [0, 0.1) is 5.82 Å². The van der Waals surface area contributed by atoms with Crippen molar-refractivity contribution in [1.82, 2.24) is 4.98 Å². The minimum Gasteiger partial charge on any atom is -0.255 e. The van der Waals surface area contributed by atoms with Crippen LogP contribution in [0.3, 0.4) is 0 Å². The van der Waals surface area contributed by atoms with Crippen molar-refractivity contribution in [3.05, 3.63) is 51.9 Å². The summed E-state index contributed by atoms with van der Waals surface area (Å²) in [6.45, 7) is 0. The second kappa shape index (κ2) is 4.98. The highest BCUT2D eigenvalue weighted by Crippen LogP contribution is 2.40. The van der Waals surface area contributed by atoms with Crippen molar-refractivity contribution in [2.75, 3.05) is 0 Å². The van der Waals surface area contributed by atoms with E-state index in [1.807, 2.05) is 0 Å². The van der Waals surface area contributed by atoms with Crippen LogP contribution >= 0.6 is 23.2 Å². The van der Waals surface area contributed by atoms with Gasteiger partial charge in [-0.05, 0) is 24.3 Å². The minimum absolute atomic E-state index is 0.0297. The number of halogens is 6. The van der Waals surface area contributed by atoms with Gasteiger partial charge in [0, 0.05) is 16.8 Å². The van der Waals surface area contributed by atoms with Crippen molar-refractivity contribution in [2.24, 2.45) is 0 Å². The van der Waals surface area contributed by atoms with E-state index >= 15 is 0 Å². The van der Waals surface area contributed by atoms with Crippen molar-refractivity contribution in [3.63, 3.8) is 0 Å². The van der Waals surface area contributed by atoms with Crippen molar-refractivity contribution in [3.8, 4) is 11.3 Å². The van der Waals surface area contributed by atoms with Gasteiger partial charge in [-0.3, -0.25) is 4.98 Å². The smallest absolute Gasteiger partial charge is 0.255 e. The van der Waals surface area contributed by atoms with Crippen LogP contribution in [-0.2, 0) is 6.18 Å². The molecule has 0 bridgehead atoms. The van der Waals surface area contributed by atoms with Gasteiger partial charge in [0.25, 0.3) is 0 Å². The molecule has 2 aromatic rings. The summed E-state index contributed by atoms with van der Waals surface area (Å²) in [5.74, 6) is -1.40. The quantitative estimate of drug-likeness (QED) is 0.659. The first-order valence-corrected chi connectivity index (χ1v) is 5.73. The third-order valence-electron chi connectivity index (χ3n) is 2.37. The summed E-state index contributed by atoms with van der Waals surface area (Å²) in [4.78, 5) is 3.58. The Labute approximate surface area is 115 Å². The summed E-state index contributed by atoms with van der Waals surface area (Å²) < 4.78 is 52.0. The van der Waals surface area contributed by atoms with Crippen LogP contribution < -0.4 is 0 Å². The Morgan fingerprint density at radius 3 is 2.32 bits per heavy atom. The summed E-state index contributed by atoms with van der Waals surface area (Å²) in [6, 6.07) is 4.54. The van der Waals surface area contributed by atoms with Crippen molar-refractivity contribution in [2.45, 2.75) is 6.18 Å². The third kappa shape index (κ3) is 2.82. The molecule has 0 saturated carbocycles. The first-order valence-electron chi connectivity index (χ1n) is 4.98. The highest BCUT2D eigenvalue weighted by atomic mass is 35.5. The van der Waals surface area contributed by atoms with Gasteiger partial charge in [-0.15, -0.1) is 0 Å². The lowest BCUT2D eigenvalue weighted by Crippen LogP contribution is -2.11. The maximum Gasteiger partial charge on any atom is 0.421 e. The van der Waals surface area contributed by atoms with E-state index in [0.29, 0.717) is 6.07 Å². The first kappa shape index (κ1) is 14.1. The van der Waals surface area contributed by atoms with Crippen LogP contribution in [0.2, 0.25) is 10.0 Å². The van der Waals surface area contributed by atoms with Gasteiger partial charge in [-0.2, -0.15) is 13.2 Å². The third-order valence-corrected chi connectivity index (χ3v) is 2.92. The minimum atomic E-state index is -4.86. The fourth-order valence-electron chi connectivity index (χ4n) is 1.59. The lowest BCUT2D eigenvalue weighted by molar-refractivity contribution is -0.139. The summed E-state index contributed by atoms with van der Waals surface area (Å²) >= 11 is 11.5. The Morgan fingerprint density at radius 2 is 1.74 bits per heavy atom. The van der Waals surface area contributed by atoms with Gasteiger partial charge >= 0.3 is 6.18 Å². The van der Waals surface area contributed by atoms with Gasteiger partial charge in [0.15, 0.2) is 0 Å². The molecular weight excluding hydrogens is 305 g/mol. The zero-order chi connectivity index (χ0) is 14.2. The van der Waals surface area contributed by atoms with Gasteiger partial charge < -0.3 is 0 Å². The van der Waals surface area contributed by atoms with Crippen molar-refractivity contribution < 1.29 is 17.6 Å². The van der Waals surface area contributed by atoms with E-state index in [2.05, 4.69) is 4.98 Å². The summed E-state index contributed by atoms with van der Waals surface area (Å²) in [5, 5.41) is 0.231. The molecule has 1 nitrogen and oxygen atoms in total. The van der Waals surface area contributed by atoms with E-state index < -0.39 is 23.3 Å². The Hall–Kier alpha value is -1.33. The fraction of sp³-hybridized carbons (Fsp3) is 0.0833. The predicted octanol–water partition coefficient (Wildman–Crippen LogP) is 5.21. The molecule has 0 fully saturated rings. The maximum atomic E-state index is 13.4. The average molecular weight is 310 g/mol. The van der Waals surface area contributed by atoms with Crippen LogP contribution in [0.1, 0.15) is 5.56 Å². The largest absolute Gasteiger partial charge is 0.421 e. The molecule has 100 valence electrons. The molecule has 0 saturated heterocycles. The number of benzene rings is 1. The molecule has 0 radical (unpaired) electrons. The SMILES string of the molecule is Fc1ccnc(-c2ccc(Cl)cc2Cl)c1C(F)(F)F. The van der Waals surface area contributed by atoms with Gasteiger partial charge in [0.1, 0.15) is 11.4 Å². The molecule has 0 aliphatic carbocycles. The molecule has 0 amide bonds. The van der Waals surface area contributed by atoms with Crippen LogP contribution in [0.5, 0.6) is 0 Å². The van der Waals surface area contributed by atoms with Gasteiger partial charge in [-0.25, -0.2) is 4.39 Å². The standard InChI is InChI=1S/C12H5Cl2F4N/c13-6-1-2-7(8(14)5-6)11-10(12(16,17)18)9(15)3-4-19-11/h1-5H. The van der Waals surface area contributed by atoms with E-state index in [0.717, 1.165) is 6.20 Å². The molecule has 0 aliphatic rings. The van der Waals surface area contributed by atoms with E-state index in [1.165, 1.54) is 18.2 Å². The monoisotopic (exact) mass is 309 g/mol. The van der Waals surface area contributed by atoms with Gasteiger partial charge in [-0.1, -0.05) is 23.2 Å². The average Bonchev–Trinajstić information content (AvgIpc) is 2.26. The van der Waals surface area contributed by atoms with Crippen molar-refractivity contribution >= 4 is 23.2 Å². The molecule has 0 N–H and O–H groups in total. The van der Waals surface area contributed by atoms with E-state index in [9.17, 15) is 17.6 Å². The zero-order valence-electron chi connectivity index (χ0n) is 9.10. The lowest BCUT2D eigenvalue weighted by Gasteiger charge is -2.13. The number of nitrogens with zero attached hydrogens (tertiary/aromatic N) is 1. The number of aromatic nitrogens is 1. The molecule has 19 heavy (non-hydrogen) atoms. The normalized spacial score (nSPS) is 11.7. The predicted molar refractivity (Wildman–Crippen MR) is 64.7 cm³/mol. The van der Waals surface area contributed by atoms with Crippen LogP contribution in [0.15, 0.2) is 30.5 Å². The summed E-state index contributed by atoms with van der Waals surface area (Å²) in [5.41, 5.74) is -2.04. The van der Waals surface area contributed by atoms with Crippen LogP contribution in [-0.4, -0.2) is 4.98 Å². The second-order valence-electron chi connectivity index (χ2n) is 3.64. The summed E-state index contributed by atoms with van der Waals surface area (Å²) in [6.07, 6.45) is -3.92. The zero-order valence-corrected chi connectivity index (χ0v) is 10.6. The van der Waals surface area contributed by atoms with E-state index in [-0.39, 0.29) is 15.6 Å².